The van der Waals surface area contributed by atoms with Crippen molar-refractivity contribution in [2.45, 2.75) is 26.2 Å². The standard InChI is InChI=1S/C22H26N2O/c1-2-6-18-7-5-8-19(22(18)25)12-11-17-13-15-24(16-14-23)21-10-4-3-9-20(17)21/h2-4,6,9-13,15,25H,5,7-8,14,16,23H2,1H3/b6-2+,17-11+,19-12+. The molecule has 1 aliphatic carbocycles. The molecule has 130 valence electrons. The van der Waals surface area contributed by atoms with Gasteiger partial charge in [-0.15, -0.1) is 0 Å². The third-order valence-electron chi connectivity index (χ3n) is 4.66. The Bertz CT molecular complexity index is 781. The van der Waals surface area contributed by atoms with E-state index in [1.165, 1.54) is 11.3 Å². The Balaban J connectivity index is 1.94. The number of anilines is 1. The fourth-order valence-electron chi connectivity index (χ4n) is 3.42. The molecule has 0 saturated heterocycles. The first-order chi connectivity index (χ1) is 12.2. The van der Waals surface area contributed by atoms with E-state index in [1.54, 1.807) is 0 Å². The van der Waals surface area contributed by atoms with Crippen LogP contribution >= 0.6 is 0 Å². The van der Waals surface area contributed by atoms with E-state index in [4.69, 9.17) is 5.73 Å². The molecule has 25 heavy (non-hydrogen) atoms. The van der Waals surface area contributed by atoms with Crippen molar-refractivity contribution >= 4 is 11.3 Å². The summed E-state index contributed by atoms with van der Waals surface area (Å²) >= 11 is 0. The number of nitrogens with zero attached hydrogens (tertiary/aromatic N) is 1. The van der Waals surface area contributed by atoms with E-state index in [9.17, 15) is 5.11 Å². The fraction of sp³-hybridized carbons (Fsp3) is 0.273. The van der Waals surface area contributed by atoms with Gasteiger partial charge in [0.15, 0.2) is 0 Å². The van der Waals surface area contributed by atoms with Crippen LogP contribution in [0.5, 0.6) is 0 Å². The van der Waals surface area contributed by atoms with E-state index in [0.29, 0.717) is 12.3 Å². The Morgan fingerprint density at radius 2 is 2.04 bits per heavy atom. The van der Waals surface area contributed by atoms with Crippen LogP contribution in [0.1, 0.15) is 31.7 Å². The molecule has 3 rings (SSSR count). The van der Waals surface area contributed by atoms with Crippen LogP contribution in [-0.2, 0) is 0 Å². The highest BCUT2D eigenvalue weighted by Gasteiger charge is 2.16. The number of allylic oxidation sites excluding steroid dienone is 8. The molecule has 3 N–H and O–H groups in total. The van der Waals surface area contributed by atoms with Gasteiger partial charge >= 0.3 is 0 Å². The maximum absolute atomic E-state index is 10.5. The van der Waals surface area contributed by atoms with Crippen molar-refractivity contribution in [1.82, 2.24) is 0 Å². The van der Waals surface area contributed by atoms with Gasteiger partial charge in [0.05, 0.1) is 0 Å². The van der Waals surface area contributed by atoms with E-state index >= 15 is 0 Å². The molecule has 1 aromatic rings. The molecule has 1 aliphatic heterocycles. The number of hydrogen-bond donors (Lipinski definition) is 2. The lowest BCUT2D eigenvalue weighted by molar-refractivity contribution is 0.402. The number of rotatable bonds is 4. The summed E-state index contributed by atoms with van der Waals surface area (Å²) in [5.41, 5.74) is 11.3. The average molecular weight is 334 g/mol. The number of aliphatic hydroxyl groups is 1. The van der Waals surface area contributed by atoms with Crippen LogP contribution < -0.4 is 10.6 Å². The molecule has 0 atom stereocenters. The van der Waals surface area contributed by atoms with Crippen LogP contribution in [0.25, 0.3) is 5.57 Å². The number of aliphatic hydroxyl groups excluding tert-OH is 1. The van der Waals surface area contributed by atoms with Crippen molar-refractivity contribution < 1.29 is 5.11 Å². The molecule has 0 bridgehead atoms. The predicted octanol–water partition coefficient (Wildman–Crippen LogP) is 4.86. The SMILES string of the molecule is C/C=C/C1=C(O)C(=C/C=C2\C=CN(CCN)c3ccccc32)/CCC1. The monoisotopic (exact) mass is 334 g/mol. The van der Waals surface area contributed by atoms with Gasteiger partial charge in [-0.3, -0.25) is 0 Å². The van der Waals surface area contributed by atoms with E-state index in [1.807, 2.05) is 19.1 Å². The number of nitrogens with two attached hydrogens (primary N) is 1. The molecule has 0 aromatic heterocycles. The molecular formula is C22H26N2O. The maximum Gasteiger partial charge on any atom is 0.121 e. The summed E-state index contributed by atoms with van der Waals surface area (Å²) in [4.78, 5) is 2.18. The van der Waals surface area contributed by atoms with E-state index < -0.39 is 0 Å². The molecule has 3 nitrogen and oxygen atoms in total. The summed E-state index contributed by atoms with van der Waals surface area (Å²) < 4.78 is 0. The summed E-state index contributed by atoms with van der Waals surface area (Å²) in [6.07, 6.45) is 15.3. The van der Waals surface area contributed by atoms with Gasteiger partial charge in [0.25, 0.3) is 0 Å². The molecule has 2 aliphatic rings. The largest absolute Gasteiger partial charge is 0.507 e. The third-order valence-corrected chi connectivity index (χ3v) is 4.66. The highest BCUT2D eigenvalue weighted by molar-refractivity contribution is 5.87. The molecule has 0 unspecified atom stereocenters. The molecule has 0 spiro atoms. The number of fused-ring (bicyclic) bond motifs is 1. The first-order valence-electron chi connectivity index (χ1n) is 8.95. The fourth-order valence-corrected chi connectivity index (χ4v) is 3.42. The molecule has 0 saturated carbocycles. The van der Waals surface area contributed by atoms with Crippen molar-refractivity contribution in [1.29, 1.82) is 0 Å². The van der Waals surface area contributed by atoms with Gasteiger partial charge in [0.1, 0.15) is 5.76 Å². The summed E-state index contributed by atoms with van der Waals surface area (Å²) in [5.74, 6) is 0.444. The first kappa shape index (κ1) is 17.3. The van der Waals surface area contributed by atoms with E-state index in [0.717, 1.165) is 42.5 Å². The van der Waals surface area contributed by atoms with Crippen LogP contribution in [0.15, 0.2) is 77.8 Å². The normalized spacial score (nSPS) is 20.8. The van der Waals surface area contributed by atoms with E-state index in [-0.39, 0.29) is 0 Å². The topological polar surface area (TPSA) is 49.5 Å². The van der Waals surface area contributed by atoms with Crippen LogP contribution in [-0.4, -0.2) is 18.2 Å². The van der Waals surface area contributed by atoms with Gasteiger partial charge in [-0.05, 0) is 55.0 Å². The lowest BCUT2D eigenvalue weighted by Gasteiger charge is -2.27. The minimum Gasteiger partial charge on any atom is -0.507 e. The van der Waals surface area contributed by atoms with Crippen LogP contribution in [0.4, 0.5) is 5.69 Å². The number of para-hydroxylation sites is 1. The highest BCUT2D eigenvalue weighted by atomic mass is 16.3. The zero-order chi connectivity index (χ0) is 17.6. The Labute approximate surface area is 150 Å². The minimum atomic E-state index is 0.444. The van der Waals surface area contributed by atoms with Gasteiger partial charge in [-0.25, -0.2) is 0 Å². The second kappa shape index (κ2) is 8.04. The first-order valence-corrected chi connectivity index (χ1v) is 8.95. The van der Waals surface area contributed by atoms with Gasteiger partial charge in [-0.1, -0.05) is 42.5 Å². The minimum absolute atomic E-state index is 0.444. The van der Waals surface area contributed by atoms with Crippen molar-refractivity contribution in [3.8, 4) is 0 Å². The van der Waals surface area contributed by atoms with Crippen molar-refractivity contribution in [3.63, 3.8) is 0 Å². The lowest BCUT2D eigenvalue weighted by Crippen LogP contribution is -2.26. The molecule has 0 radical (unpaired) electrons. The molecular weight excluding hydrogens is 308 g/mol. The van der Waals surface area contributed by atoms with Crippen molar-refractivity contribution in [2.75, 3.05) is 18.0 Å². The Hall–Kier alpha value is -2.52. The summed E-state index contributed by atoms with van der Waals surface area (Å²) in [5, 5.41) is 10.5. The van der Waals surface area contributed by atoms with Crippen LogP contribution in [0, 0.1) is 0 Å². The zero-order valence-corrected chi connectivity index (χ0v) is 14.8. The van der Waals surface area contributed by atoms with Crippen molar-refractivity contribution in [3.05, 3.63) is 83.3 Å². The zero-order valence-electron chi connectivity index (χ0n) is 14.8. The third kappa shape index (κ3) is 3.77. The van der Waals surface area contributed by atoms with Crippen LogP contribution in [0.3, 0.4) is 0 Å². The smallest absolute Gasteiger partial charge is 0.121 e. The average Bonchev–Trinajstić information content (AvgIpc) is 2.64. The Morgan fingerprint density at radius 1 is 1.20 bits per heavy atom. The van der Waals surface area contributed by atoms with Gasteiger partial charge < -0.3 is 15.7 Å². The highest BCUT2D eigenvalue weighted by Crippen LogP contribution is 2.34. The molecule has 0 fully saturated rings. The predicted molar refractivity (Wildman–Crippen MR) is 106 cm³/mol. The van der Waals surface area contributed by atoms with Crippen LogP contribution in [0.2, 0.25) is 0 Å². The lowest BCUT2D eigenvalue weighted by atomic mass is 9.92. The Kier molecular flexibility index (Phi) is 5.56. The number of hydrogen-bond acceptors (Lipinski definition) is 3. The molecule has 0 amide bonds. The Morgan fingerprint density at radius 3 is 2.84 bits per heavy atom. The maximum atomic E-state index is 10.5. The van der Waals surface area contributed by atoms with Gasteiger partial charge in [-0.2, -0.15) is 0 Å². The summed E-state index contributed by atoms with van der Waals surface area (Å²) in [6, 6.07) is 8.37. The quantitative estimate of drug-likeness (QED) is 0.826. The molecule has 1 heterocycles. The number of benzene rings is 1. The van der Waals surface area contributed by atoms with E-state index in [2.05, 4.69) is 53.6 Å². The molecule has 3 heteroatoms. The second-order valence-corrected chi connectivity index (χ2v) is 6.36. The second-order valence-electron chi connectivity index (χ2n) is 6.36. The van der Waals surface area contributed by atoms with Gasteiger partial charge in [0.2, 0.25) is 0 Å². The van der Waals surface area contributed by atoms with Crippen molar-refractivity contribution in [2.24, 2.45) is 5.73 Å². The summed E-state index contributed by atoms with van der Waals surface area (Å²) in [7, 11) is 0. The molecule has 1 aromatic carbocycles. The van der Waals surface area contributed by atoms with Gasteiger partial charge in [0, 0.05) is 30.5 Å². The summed E-state index contributed by atoms with van der Waals surface area (Å²) in [6.45, 7) is 3.41.